The molecule has 0 spiro atoms. The number of carbonyl (C=O) groups excluding carboxylic acids is 2. The third kappa shape index (κ3) is 2.76. The number of piperazine rings is 1. The summed E-state index contributed by atoms with van der Waals surface area (Å²) in [7, 11) is 0. The van der Waals surface area contributed by atoms with Crippen LogP contribution in [0.5, 0.6) is 0 Å². The molecule has 5 atom stereocenters. The summed E-state index contributed by atoms with van der Waals surface area (Å²) in [5, 5.41) is 2.79. The average molecular weight is 267 g/mol. The van der Waals surface area contributed by atoms with E-state index in [0.29, 0.717) is 24.9 Å². The zero-order valence-corrected chi connectivity index (χ0v) is 12.1. The fourth-order valence-electron chi connectivity index (χ4n) is 3.32. The lowest BCUT2D eigenvalue weighted by molar-refractivity contribution is -0.148. The first-order valence-electron chi connectivity index (χ1n) is 7.25. The molecule has 0 radical (unpaired) electrons. The lowest BCUT2D eigenvalue weighted by atomic mass is 9.72. The van der Waals surface area contributed by atoms with Crippen LogP contribution >= 0.6 is 0 Å². The van der Waals surface area contributed by atoms with Gasteiger partial charge in [0.15, 0.2) is 0 Å². The first-order chi connectivity index (χ1) is 8.91. The number of hydrogen-bond donors (Lipinski definition) is 2. The van der Waals surface area contributed by atoms with Crippen molar-refractivity contribution in [3.8, 4) is 0 Å². The van der Waals surface area contributed by atoms with Crippen LogP contribution in [0.15, 0.2) is 0 Å². The van der Waals surface area contributed by atoms with E-state index in [-0.39, 0.29) is 29.8 Å². The highest BCUT2D eigenvalue weighted by Gasteiger charge is 2.39. The molecule has 0 aromatic heterocycles. The first kappa shape index (κ1) is 14.3. The molecule has 5 heteroatoms. The largest absolute Gasteiger partial charge is 0.353 e. The number of hydrogen-bond acceptors (Lipinski definition) is 3. The van der Waals surface area contributed by atoms with Crippen LogP contribution in [0.2, 0.25) is 0 Å². The van der Waals surface area contributed by atoms with Crippen molar-refractivity contribution < 1.29 is 9.59 Å². The highest BCUT2D eigenvalue weighted by Crippen LogP contribution is 2.34. The summed E-state index contributed by atoms with van der Waals surface area (Å²) < 4.78 is 0. The number of amides is 2. The van der Waals surface area contributed by atoms with E-state index in [0.717, 1.165) is 12.8 Å². The van der Waals surface area contributed by atoms with E-state index < -0.39 is 0 Å². The average Bonchev–Trinajstić information content (AvgIpc) is 2.36. The van der Waals surface area contributed by atoms with E-state index in [4.69, 9.17) is 5.73 Å². The molecule has 5 nitrogen and oxygen atoms in total. The van der Waals surface area contributed by atoms with Crippen molar-refractivity contribution in [2.75, 3.05) is 13.1 Å². The van der Waals surface area contributed by atoms with Crippen LogP contribution in [0, 0.1) is 17.8 Å². The second-order valence-corrected chi connectivity index (χ2v) is 6.19. The van der Waals surface area contributed by atoms with Crippen LogP contribution < -0.4 is 11.1 Å². The van der Waals surface area contributed by atoms with Crippen molar-refractivity contribution >= 4 is 11.8 Å². The van der Waals surface area contributed by atoms with Gasteiger partial charge in [0, 0.05) is 25.0 Å². The Bertz CT molecular complexity index is 372. The monoisotopic (exact) mass is 267 g/mol. The smallest absolute Gasteiger partial charge is 0.242 e. The van der Waals surface area contributed by atoms with Crippen LogP contribution in [-0.2, 0) is 9.59 Å². The Morgan fingerprint density at radius 1 is 1.26 bits per heavy atom. The van der Waals surface area contributed by atoms with E-state index in [9.17, 15) is 9.59 Å². The van der Waals surface area contributed by atoms with E-state index in [1.54, 1.807) is 11.8 Å². The van der Waals surface area contributed by atoms with Crippen LogP contribution in [-0.4, -0.2) is 41.9 Å². The summed E-state index contributed by atoms with van der Waals surface area (Å²) in [5.74, 6) is 0.845. The summed E-state index contributed by atoms with van der Waals surface area (Å²) in [4.78, 5) is 26.0. The SMILES string of the molecule is CC1CC(C)C(C(=O)N2CCNC(=O)C2C)CC1N. The maximum absolute atomic E-state index is 12.7. The first-order valence-corrected chi connectivity index (χ1v) is 7.25. The molecule has 5 unspecified atom stereocenters. The molecule has 1 aliphatic carbocycles. The summed E-state index contributed by atoms with van der Waals surface area (Å²) in [6.45, 7) is 7.24. The van der Waals surface area contributed by atoms with Gasteiger partial charge in [0.25, 0.3) is 0 Å². The Labute approximate surface area is 114 Å². The van der Waals surface area contributed by atoms with E-state index >= 15 is 0 Å². The quantitative estimate of drug-likeness (QED) is 0.719. The third-order valence-electron chi connectivity index (χ3n) is 4.79. The number of nitrogens with two attached hydrogens (primary N) is 1. The minimum absolute atomic E-state index is 0.0282. The Morgan fingerprint density at radius 2 is 1.95 bits per heavy atom. The number of nitrogens with one attached hydrogen (secondary N) is 1. The predicted molar refractivity (Wildman–Crippen MR) is 73.2 cm³/mol. The molecular weight excluding hydrogens is 242 g/mol. The molecule has 108 valence electrons. The molecule has 2 fully saturated rings. The topological polar surface area (TPSA) is 75.4 Å². The fourth-order valence-corrected chi connectivity index (χ4v) is 3.32. The van der Waals surface area contributed by atoms with Gasteiger partial charge in [-0.1, -0.05) is 13.8 Å². The van der Waals surface area contributed by atoms with Gasteiger partial charge < -0.3 is 16.0 Å². The second kappa shape index (κ2) is 5.49. The van der Waals surface area contributed by atoms with Crippen molar-refractivity contribution in [1.29, 1.82) is 0 Å². The van der Waals surface area contributed by atoms with E-state index in [2.05, 4.69) is 19.2 Å². The third-order valence-corrected chi connectivity index (χ3v) is 4.79. The van der Waals surface area contributed by atoms with E-state index in [1.165, 1.54) is 0 Å². The molecule has 1 saturated heterocycles. The molecule has 2 aliphatic rings. The summed E-state index contributed by atoms with van der Waals surface area (Å²) in [6, 6.07) is -0.261. The molecule has 0 aromatic rings. The van der Waals surface area contributed by atoms with Gasteiger partial charge in [-0.25, -0.2) is 0 Å². The molecule has 3 N–H and O–H groups in total. The van der Waals surface area contributed by atoms with Gasteiger partial charge in [0.05, 0.1) is 0 Å². The normalized spacial score (nSPS) is 39.9. The molecule has 0 aromatic carbocycles. The van der Waals surface area contributed by atoms with Crippen LogP contribution in [0.1, 0.15) is 33.6 Å². The number of rotatable bonds is 1. The molecule has 2 rings (SSSR count). The lowest BCUT2D eigenvalue weighted by Crippen LogP contribution is -2.58. The van der Waals surface area contributed by atoms with Crippen molar-refractivity contribution in [2.45, 2.75) is 45.7 Å². The highest BCUT2D eigenvalue weighted by molar-refractivity contribution is 5.89. The van der Waals surface area contributed by atoms with Gasteiger partial charge in [0.2, 0.25) is 11.8 Å². The van der Waals surface area contributed by atoms with Gasteiger partial charge in [-0.3, -0.25) is 9.59 Å². The minimum Gasteiger partial charge on any atom is -0.353 e. The van der Waals surface area contributed by atoms with Crippen molar-refractivity contribution in [3.63, 3.8) is 0 Å². The Morgan fingerprint density at radius 3 is 2.63 bits per heavy atom. The van der Waals surface area contributed by atoms with Crippen molar-refractivity contribution in [2.24, 2.45) is 23.5 Å². The zero-order valence-electron chi connectivity index (χ0n) is 12.1. The molecule has 1 aliphatic heterocycles. The molecular formula is C14H25N3O2. The zero-order chi connectivity index (χ0) is 14.2. The maximum atomic E-state index is 12.7. The molecule has 0 bridgehead atoms. The van der Waals surface area contributed by atoms with Gasteiger partial charge in [0.1, 0.15) is 6.04 Å². The van der Waals surface area contributed by atoms with E-state index in [1.807, 2.05) is 0 Å². The van der Waals surface area contributed by atoms with Gasteiger partial charge in [-0.05, 0) is 31.6 Å². The Kier molecular flexibility index (Phi) is 4.13. The molecule has 2 amide bonds. The standard InChI is InChI=1S/C14H25N3O2/c1-8-6-9(2)12(15)7-11(8)14(19)17-5-4-16-13(18)10(17)3/h8-12H,4-7,15H2,1-3H3,(H,16,18). The number of carbonyl (C=O) groups is 2. The molecule has 1 heterocycles. The summed E-state index contributed by atoms with van der Waals surface area (Å²) in [6.07, 6.45) is 1.73. The van der Waals surface area contributed by atoms with Crippen molar-refractivity contribution in [1.82, 2.24) is 10.2 Å². The van der Waals surface area contributed by atoms with Crippen molar-refractivity contribution in [3.05, 3.63) is 0 Å². The second-order valence-electron chi connectivity index (χ2n) is 6.19. The fraction of sp³-hybridized carbons (Fsp3) is 0.857. The summed E-state index contributed by atoms with van der Waals surface area (Å²) >= 11 is 0. The van der Waals surface area contributed by atoms with Crippen LogP contribution in [0.4, 0.5) is 0 Å². The Hall–Kier alpha value is -1.10. The molecule has 1 saturated carbocycles. The van der Waals surface area contributed by atoms with Gasteiger partial charge in [-0.2, -0.15) is 0 Å². The van der Waals surface area contributed by atoms with Gasteiger partial charge >= 0.3 is 0 Å². The Balaban J connectivity index is 2.08. The summed E-state index contributed by atoms with van der Waals surface area (Å²) in [5.41, 5.74) is 6.11. The molecule has 19 heavy (non-hydrogen) atoms. The minimum atomic E-state index is -0.357. The van der Waals surface area contributed by atoms with Crippen LogP contribution in [0.3, 0.4) is 0 Å². The number of nitrogens with zero attached hydrogens (tertiary/aromatic N) is 1. The predicted octanol–water partition coefficient (Wildman–Crippen LogP) is 0.343. The van der Waals surface area contributed by atoms with Crippen LogP contribution in [0.25, 0.3) is 0 Å². The lowest BCUT2D eigenvalue weighted by Gasteiger charge is -2.41. The van der Waals surface area contributed by atoms with Gasteiger partial charge in [-0.15, -0.1) is 0 Å². The maximum Gasteiger partial charge on any atom is 0.242 e. The highest BCUT2D eigenvalue weighted by atomic mass is 16.2.